The maximum Gasteiger partial charge on any atom is 0.123 e. The molecular formula is C14H23FN2S. The smallest absolute Gasteiger partial charge is 0.123 e. The van der Waals surface area contributed by atoms with Crippen molar-refractivity contribution in [1.29, 1.82) is 0 Å². The van der Waals surface area contributed by atoms with Crippen LogP contribution in [0, 0.1) is 5.82 Å². The molecule has 0 spiro atoms. The Bertz CT molecular complexity index is 357. The summed E-state index contributed by atoms with van der Waals surface area (Å²) in [5.41, 5.74) is 7.15. The number of nitrogens with two attached hydrogens (primary N) is 1. The van der Waals surface area contributed by atoms with Gasteiger partial charge in [0.1, 0.15) is 5.82 Å². The topological polar surface area (TPSA) is 29.3 Å². The maximum atomic E-state index is 13.3. The Labute approximate surface area is 114 Å². The fourth-order valence-electron chi connectivity index (χ4n) is 1.73. The van der Waals surface area contributed by atoms with Crippen molar-refractivity contribution in [2.24, 2.45) is 5.73 Å². The van der Waals surface area contributed by atoms with E-state index < -0.39 is 0 Å². The molecule has 2 N–H and O–H groups in total. The second-order valence-electron chi connectivity index (χ2n) is 4.72. The number of benzene rings is 1. The van der Waals surface area contributed by atoms with Crippen molar-refractivity contribution >= 4 is 11.8 Å². The van der Waals surface area contributed by atoms with Crippen LogP contribution in [0.4, 0.5) is 4.39 Å². The molecule has 18 heavy (non-hydrogen) atoms. The first-order valence-electron chi connectivity index (χ1n) is 6.32. The van der Waals surface area contributed by atoms with E-state index in [0.717, 1.165) is 24.3 Å². The molecule has 1 aromatic carbocycles. The molecule has 1 rings (SSSR count). The van der Waals surface area contributed by atoms with Crippen molar-refractivity contribution in [2.45, 2.75) is 24.6 Å². The van der Waals surface area contributed by atoms with Gasteiger partial charge >= 0.3 is 0 Å². The van der Waals surface area contributed by atoms with E-state index in [9.17, 15) is 4.39 Å². The molecule has 0 bridgehead atoms. The van der Waals surface area contributed by atoms with Gasteiger partial charge in [0.15, 0.2) is 0 Å². The highest BCUT2D eigenvalue weighted by Gasteiger charge is 2.19. The van der Waals surface area contributed by atoms with E-state index in [1.165, 1.54) is 6.07 Å². The lowest BCUT2D eigenvalue weighted by Gasteiger charge is -2.23. The highest BCUT2D eigenvalue weighted by atomic mass is 32.2. The van der Waals surface area contributed by atoms with E-state index in [-0.39, 0.29) is 17.1 Å². The summed E-state index contributed by atoms with van der Waals surface area (Å²) in [4.78, 5) is 2.15. The quantitative estimate of drug-likeness (QED) is 0.826. The van der Waals surface area contributed by atoms with Crippen LogP contribution in [0.3, 0.4) is 0 Å². The largest absolute Gasteiger partial charge is 0.326 e. The Balaban J connectivity index is 2.72. The van der Waals surface area contributed by atoms with E-state index in [4.69, 9.17) is 5.73 Å². The normalized spacial score (nSPS) is 14.8. The third-order valence-corrected chi connectivity index (χ3v) is 4.27. The van der Waals surface area contributed by atoms with Crippen molar-refractivity contribution in [2.75, 3.05) is 26.4 Å². The fourth-order valence-corrected chi connectivity index (χ4v) is 3.23. The summed E-state index contributed by atoms with van der Waals surface area (Å²) in [5, 5.41) is 0.172. The second kappa shape index (κ2) is 7.77. The van der Waals surface area contributed by atoms with Gasteiger partial charge in [0, 0.05) is 23.6 Å². The lowest BCUT2D eigenvalue weighted by Crippen LogP contribution is -2.27. The predicted molar refractivity (Wildman–Crippen MR) is 78.4 cm³/mol. The number of rotatable bonds is 7. The summed E-state index contributed by atoms with van der Waals surface area (Å²) in [5.74, 6) is 0.816. The molecule has 0 fully saturated rings. The van der Waals surface area contributed by atoms with Gasteiger partial charge in [-0.25, -0.2) is 4.39 Å². The minimum atomic E-state index is -0.186. The average molecular weight is 270 g/mol. The van der Waals surface area contributed by atoms with Gasteiger partial charge in [0.05, 0.1) is 0 Å². The van der Waals surface area contributed by atoms with Crippen LogP contribution in [0.15, 0.2) is 24.3 Å². The lowest BCUT2D eigenvalue weighted by atomic mass is 10.0. The third-order valence-electron chi connectivity index (χ3n) is 2.87. The standard InChI is InChI=1S/C14H23FN2S/c1-4-13(16)14(18-9-8-17(2)3)11-6-5-7-12(15)10-11/h5-7,10,13-14H,4,8-9,16H2,1-3H3. The van der Waals surface area contributed by atoms with Crippen LogP contribution in [0.5, 0.6) is 0 Å². The van der Waals surface area contributed by atoms with Crippen LogP contribution in [0.2, 0.25) is 0 Å². The molecule has 0 aliphatic carbocycles. The van der Waals surface area contributed by atoms with Crippen LogP contribution in [-0.2, 0) is 0 Å². The Morgan fingerprint density at radius 1 is 1.39 bits per heavy atom. The fraction of sp³-hybridized carbons (Fsp3) is 0.571. The van der Waals surface area contributed by atoms with Gasteiger partial charge in [-0.2, -0.15) is 11.8 Å². The third kappa shape index (κ3) is 4.96. The number of hydrogen-bond donors (Lipinski definition) is 1. The molecule has 4 heteroatoms. The van der Waals surface area contributed by atoms with Crippen molar-refractivity contribution in [1.82, 2.24) is 4.90 Å². The summed E-state index contributed by atoms with van der Waals surface area (Å²) < 4.78 is 13.3. The highest BCUT2D eigenvalue weighted by Crippen LogP contribution is 2.32. The van der Waals surface area contributed by atoms with Gasteiger partial charge in [-0.3, -0.25) is 0 Å². The first-order chi connectivity index (χ1) is 8.54. The summed E-state index contributed by atoms with van der Waals surface area (Å²) in [6, 6.07) is 6.86. The molecule has 0 aromatic heterocycles. The summed E-state index contributed by atoms with van der Waals surface area (Å²) >= 11 is 1.81. The Kier molecular flexibility index (Phi) is 6.68. The van der Waals surface area contributed by atoms with Crippen LogP contribution >= 0.6 is 11.8 Å². The first-order valence-corrected chi connectivity index (χ1v) is 7.36. The van der Waals surface area contributed by atoms with Gasteiger partial charge in [-0.05, 0) is 38.2 Å². The van der Waals surface area contributed by atoms with E-state index >= 15 is 0 Å². The summed E-state index contributed by atoms with van der Waals surface area (Å²) in [6.45, 7) is 3.08. The maximum absolute atomic E-state index is 13.3. The molecule has 0 saturated carbocycles. The zero-order valence-electron chi connectivity index (χ0n) is 11.4. The molecule has 0 heterocycles. The average Bonchev–Trinajstić information content (AvgIpc) is 2.33. The van der Waals surface area contributed by atoms with E-state index in [0.29, 0.717) is 0 Å². The molecular weight excluding hydrogens is 247 g/mol. The number of halogens is 1. The van der Waals surface area contributed by atoms with Crippen molar-refractivity contribution in [3.63, 3.8) is 0 Å². The van der Waals surface area contributed by atoms with Crippen molar-refractivity contribution in [3.8, 4) is 0 Å². The molecule has 2 nitrogen and oxygen atoms in total. The molecule has 0 saturated heterocycles. The summed E-state index contributed by atoms with van der Waals surface area (Å²) in [7, 11) is 4.11. The Hall–Kier alpha value is -0.580. The van der Waals surface area contributed by atoms with Gasteiger partial charge in [0.2, 0.25) is 0 Å². The van der Waals surface area contributed by atoms with Crippen molar-refractivity contribution < 1.29 is 4.39 Å². The molecule has 102 valence electrons. The SMILES string of the molecule is CCC(N)C(SCCN(C)C)c1cccc(F)c1. The Morgan fingerprint density at radius 2 is 2.11 bits per heavy atom. The van der Waals surface area contributed by atoms with Crippen LogP contribution in [-0.4, -0.2) is 37.3 Å². The monoisotopic (exact) mass is 270 g/mol. The summed E-state index contributed by atoms with van der Waals surface area (Å²) in [6.07, 6.45) is 0.899. The van der Waals surface area contributed by atoms with Crippen molar-refractivity contribution in [3.05, 3.63) is 35.6 Å². The van der Waals surface area contributed by atoms with E-state index in [1.807, 2.05) is 17.8 Å². The number of thioether (sulfide) groups is 1. The Morgan fingerprint density at radius 3 is 2.67 bits per heavy atom. The number of nitrogens with zero attached hydrogens (tertiary/aromatic N) is 1. The lowest BCUT2D eigenvalue weighted by molar-refractivity contribution is 0.437. The predicted octanol–water partition coefficient (Wildman–Crippen LogP) is 2.90. The zero-order chi connectivity index (χ0) is 13.5. The number of hydrogen-bond acceptors (Lipinski definition) is 3. The molecule has 2 unspecified atom stereocenters. The first kappa shape index (κ1) is 15.5. The minimum Gasteiger partial charge on any atom is -0.326 e. The molecule has 2 atom stereocenters. The van der Waals surface area contributed by atoms with Crippen LogP contribution < -0.4 is 5.73 Å². The molecule has 0 aliphatic rings. The molecule has 0 radical (unpaired) electrons. The van der Waals surface area contributed by atoms with Crippen LogP contribution in [0.1, 0.15) is 24.2 Å². The van der Waals surface area contributed by atoms with E-state index in [1.54, 1.807) is 12.1 Å². The van der Waals surface area contributed by atoms with Gasteiger partial charge in [-0.15, -0.1) is 0 Å². The van der Waals surface area contributed by atoms with Crippen LogP contribution in [0.25, 0.3) is 0 Å². The molecule has 0 aliphatic heterocycles. The minimum absolute atomic E-state index is 0.0685. The zero-order valence-corrected chi connectivity index (χ0v) is 12.2. The van der Waals surface area contributed by atoms with E-state index in [2.05, 4.69) is 25.9 Å². The molecule has 0 amide bonds. The highest BCUT2D eigenvalue weighted by molar-refractivity contribution is 7.99. The van der Waals surface area contributed by atoms with Gasteiger partial charge in [-0.1, -0.05) is 19.1 Å². The van der Waals surface area contributed by atoms with Gasteiger partial charge in [0.25, 0.3) is 0 Å². The van der Waals surface area contributed by atoms with Gasteiger partial charge < -0.3 is 10.6 Å². The second-order valence-corrected chi connectivity index (χ2v) is 5.97. The molecule has 1 aromatic rings.